The summed E-state index contributed by atoms with van der Waals surface area (Å²) in [5.41, 5.74) is 0.847. The van der Waals surface area contributed by atoms with E-state index in [-0.39, 0.29) is 18.7 Å². The normalized spacial score (nSPS) is 12.5. The van der Waals surface area contributed by atoms with Gasteiger partial charge in [-0.1, -0.05) is 37.8 Å². The zero-order valence-corrected chi connectivity index (χ0v) is 14.8. The minimum Gasteiger partial charge on any atom is -0.381 e. The van der Waals surface area contributed by atoms with Crippen LogP contribution in [0, 0.1) is 11.8 Å². The van der Waals surface area contributed by atoms with E-state index in [1.165, 1.54) is 12.1 Å². The predicted molar refractivity (Wildman–Crippen MR) is 92.3 cm³/mol. The number of benzene rings is 1. The predicted octanol–water partition coefficient (Wildman–Crippen LogP) is 4.08. The lowest BCUT2D eigenvalue weighted by atomic mass is 10.0. The molecule has 0 radical (unpaired) electrons. The molecular weight excluding hydrogens is 331 g/mol. The Balaban J connectivity index is 2.42. The molecule has 0 aliphatic carbocycles. The standard InChI is InChI=1S/C19H26F3NO2/c1-3-12-24-14-6-15-25-13-5-7-16-8-10-17(11-9-16)18(23-4-2)19(20,21)22/h8-11,18,23H,3-4,6,12-15H2,1-2H3. The van der Waals surface area contributed by atoms with Crippen LogP contribution in [-0.2, 0) is 9.47 Å². The van der Waals surface area contributed by atoms with Crippen molar-refractivity contribution in [3.8, 4) is 11.8 Å². The molecule has 1 aromatic rings. The Morgan fingerprint density at radius 1 is 1.04 bits per heavy atom. The summed E-state index contributed by atoms with van der Waals surface area (Å²) in [6.07, 6.45) is -2.50. The molecule has 1 rings (SSSR count). The quantitative estimate of drug-likeness (QED) is 0.505. The molecule has 6 heteroatoms. The second-order valence-electron chi connectivity index (χ2n) is 5.47. The maximum atomic E-state index is 13.0. The minimum absolute atomic E-state index is 0.184. The molecule has 0 aliphatic rings. The molecule has 0 heterocycles. The maximum absolute atomic E-state index is 13.0. The van der Waals surface area contributed by atoms with Crippen molar-refractivity contribution in [1.82, 2.24) is 5.32 Å². The summed E-state index contributed by atoms with van der Waals surface area (Å²) in [6.45, 7) is 6.25. The van der Waals surface area contributed by atoms with Gasteiger partial charge < -0.3 is 14.8 Å². The topological polar surface area (TPSA) is 30.5 Å². The third-order valence-corrected chi connectivity index (χ3v) is 3.31. The summed E-state index contributed by atoms with van der Waals surface area (Å²) in [4.78, 5) is 0. The molecule has 0 fully saturated rings. The van der Waals surface area contributed by atoms with E-state index in [1.54, 1.807) is 19.1 Å². The zero-order chi connectivity index (χ0) is 18.5. The Labute approximate surface area is 147 Å². The molecule has 1 atom stereocenters. The molecule has 25 heavy (non-hydrogen) atoms. The molecule has 0 amide bonds. The largest absolute Gasteiger partial charge is 0.407 e. The Morgan fingerprint density at radius 2 is 1.72 bits per heavy atom. The van der Waals surface area contributed by atoms with Crippen molar-refractivity contribution < 1.29 is 22.6 Å². The number of ether oxygens (including phenoxy) is 2. The van der Waals surface area contributed by atoms with Crippen LogP contribution >= 0.6 is 0 Å². The molecule has 0 saturated heterocycles. The monoisotopic (exact) mass is 357 g/mol. The van der Waals surface area contributed by atoms with E-state index in [9.17, 15) is 13.2 Å². The maximum Gasteiger partial charge on any atom is 0.407 e. The summed E-state index contributed by atoms with van der Waals surface area (Å²) < 4.78 is 49.7. The van der Waals surface area contributed by atoms with Gasteiger partial charge in [0.25, 0.3) is 0 Å². The first kappa shape index (κ1) is 21.5. The fourth-order valence-corrected chi connectivity index (χ4v) is 2.16. The average Bonchev–Trinajstić information content (AvgIpc) is 2.58. The van der Waals surface area contributed by atoms with Gasteiger partial charge in [-0.05, 0) is 37.1 Å². The molecule has 1 aromatic carbocycles. The summed E-state index contributed by atoms with van der Waals surface area (Å²) in [7, 11) is 0. The van der Waals surface area contributed by atoms with Gasteiger partial charge in [0.05, 0.1) is 6.61 Å². The highest BCUT2D eigenvalue weighted by atomic mass is 19.4. The molecule has 3 nitrogen and oxygen atoms in total. The summed E-state index contributed by atoms with van der Waals surface area (Å²) in [5, 5.41) is 2.45. The third kappa shape index (κ3) is 8.92. The Bertz CT molecular complexity index is 532. The summed E-state index contributed by atoms with van der Waals surface area (Å²) in [5.74, 6) is 5.74. The van der Waals surface area contributed by atoms with Gasteiger partial charge in [0.15, 0.2) is 0 Å². The van der Waals surface area contributed by atoms with Gasteiger partial charge in [-0.3, -0.25) is 0 Å². The van der Waals surface area contributed by atoms with Gasteiger partial charge >= 0.3 is 6.18 Å². The molecule has 1 unspecified atom stereocenters. The van der Waals surface area contributed by atoms with Crippen LogP contribution in [0.5, 0.6) is 0 Å². The van der Waals surface area contributed by atoms with Crippen molar-refractivity contribution in [2.45, 2.75) is 38.9 Å². The van der Waals surface area contributed by atoms with Crippen LogP contribution in [0.1, 0.15) is 43.9 Å². The molecule has 0 saturated carbocycles. The van der Waals surface area contributed by atoms with Gasteiger partial charge in [0.2, 0.25) is 0 Å². The molecule has 0 aliphatic heterocycles. The summed E-state index contributed by atoms with van der Waals surface area (Å²) in [6, 6.07) is 4.44. The van der Waals surface area contributed by atoms with Crippen molar-refractivity contribution in [3.05, 3.63) is 35.4 Å². The SMILES string of the molecule is CCCOCCCOCC#Cc1ccc(C(NCC)C(F)(F)F)cc1. The highest BCUT2D eigenvalue weighted by Gasteiger charge is 2.39. The molecule has 0 spiro atoms. The first-order valence-electron chi connectivity index (χ1n) is 8.53. The number of rotatable bonds is 10. The van der Waals surface area contributed by atoms with E-state index in [1.807, 2.05) is 0 Å². The third-order valence-electron chi connectivity index (χ3n) is 3.31. The first-order valence-corrected chi connectivity index (χ1v) is 8.53. The number of halogens is 3. The highest BCUT2D eigenvalue weighted by molar-refractivity contribution is 5.37. The van der Waals surface area contributed by atoms with Crippen LogP contribution in [0.2, 0.25) is 0 Å². The van der Waals surface area contributed by atoms with Crippen LogP contribution in [0.15, 0.2) is 24.3 Å². The van der Waals surface area contributed by atoms with E-state index >= 15 is 0 Å². The van der Waals surface area contributed by atoms with E-state index in [4.69, 9.17) is 9.47 Å². The lowest BCUT2D eigenvalue weighted by Gasteiger charge is -2.21. The molecule has 0 bridgehead atoms. The second-order valence-corrected chi connectivity index (χ2v) is 5.47. The van der Waals surface area contributed by atoms with Crippen molar-refractivity contribution in [1.29, 1.82) is 0 Å². The van der Waals surface area contributed by atoms with Crippen LogP contribution in [0.25, 0.3) is 0 Å². The number of hydrogen-bond donors (Lipinski definition) is 1. The van der Waals surface area contributed by atoms with Crippen LogP contribution in [0.4, 0.5) is 13.2 Å². The van der Waals surface area contributed by atoms with Gasteiger partial charge in [-0.25, -0.2) is 0 Å². The molecule has 1 N–H and O–H groups in total. The van der Waals surface area contributed by atoms with Gasteiger partial charge in [0.1, 0.15) is 12.6 Å². The van der Waals surface area contributed by atoms with Gasteiger partial charge in [-0.15, -0.1) is 0 Å². The van der Waals surface area contributed by atoms with Gasteiger partial charge in [0, 0.05) is 18.8 Å². The average molecular weight is 357 g/mol. The Kier molecular flexibility index (Phi) is 10.2. The number of alkyl halides is 3. The van der Waals surface area contributed by atoms with Crippen molar-refractivity contribution in [3.63, 3.8) is 0 Å². The van der Waals surface area contributed by atoms with E-state index in [2.05, 4.69) is 24.1 Å². The van der Waals surface area contributed by atoms with Crippen LogP contribution in [-0.4, -0.2) is 39.1 Å². The molecular formula is C19H26F3NO2. The lowest BCUT2D eigenvalue weighted by Crippen LogP contribution is -2.33. The van der Waals surface area contributed by atoms with Crippen LogP contribution in [0.3, 0.4) is 0 Å². The van der Waals surface area contributed by atoms with Crippen molar-refractivity contribution in [2.75, 3.05) is 33.0 Å². The summed E-state index contributed by atoms with van der Waals surface area (Å²) >= 11 is 0. The second kappa shape index (κ2) is 11.9. The number of nitrogens with one attached hydrogen (secondary N) is 1. The minimum atomic E-state index is -4.32. The Morgan fingerprint density at radius 3 is 2.32 bits per heavy atom. The zero-order valence-electron chi connectivity index (χ0n) is 14.8. The Hall–Kier alpha value is -1.55. The lowest BCUT2D eigenvalue weighted by molar-refractivity contribution is -0.157. The van der Waals surface area contributed by atoms with Crippen molar-refractivity contribution >= 4 is 0 Å². The van der Waals surface area contributed by atoms with Gasteiger partial charge in [-0.2, -0.15) is 13.2 Å². The first-order chi connectivity index (χ1) is 12.0. The van der Waals surface area contributed by atoms with E-state index < -0.39 is 12.2 Å². The highest BCUT2D eigenvalue weighted by Crippen LogP contribution is 2.32. The van der Waals surface area contributed by atoms with E-state index in [0.717, 1.165) is 19.4 Å². The fourth-order valence-electron chi connectivity index (χ4n) is 2.16. The molecule has 0 aromatic heterocycles. The fraction of sp³-hybridized carbons (Fsp3) is 0.579. The number of hydrogen-bond acceptors (Lipinski definition) is 3. The molecule has 140 valence electrons. The smallest absolute Gasteiger partial charge is 0.381 e. The van der Waals surface area contributed by atoms with Crippen LogP contribution < -0.4 is 5.32 Å². The van der Waals surface area contributed by atoms with Crippen molar-refractivity contribution in [2.24, 2.45) is 0 Å². The van der Waals surface area contributed by atoms with E-state index in [0.29, 0.717) is 18.8 Å².